The lowest BCUT2D eigenvalue weighted by Gasteiger charge is -2.18. The third-order valence-corrected chi connectivity index (χ3v) is 2.77. The summed E-state index contributed by atoms with van der Waals surface area (Å²) >= 11 is 0. The topological polar surface area (TPSA) is 92.4 Å². The molecule has 1 unspecified atom stereocenters. The highest BCUT2D eigenvalue weighted by molar-refractivity contribution is 5.96. The molecule has 1 amide bonds. The van der Waals surface area contributed by atoms with Crippen LogP contribution in [-0.4, -0.2) is 29.6 Å². The molecule has 0 saturated carbocycles. The van der Waals surface area contributed by atoms with Crippen LogP contribution in [0.25, 0.3) is 0 Å². The van der Waals surface area contributed by atoms with Crippen LogP contribution in [0.4, 0.5) is 0 Å². The van der Waals surface area contributed by atoms with Gasteiger partial charge >= 0.3 is 5.97 Å². The van der Waals surface area contributed by atoms with E-state index in [0.29, 0.717) is 18.0 Å². The zero-order valence-electron chi connectivity index (χ0n) is 11.2. The number of nitrogens with one attached hydrogen (secondary N) is 1. The Labute approximate surface area is 112 Å². The van der Waals surface area contributed by atoms with Crippen molar-refractivity contribution in [1.82, 2.24) is 5.32 Å². The molecule has 1 aromatic rings. The molecule has 5 heteroatoms. The molecule has 1 rings (SSSR count). The Bertz CT molecular complexity index is 441. The summed E-state index contributed by atoms with van der Waals surface area (Å²) < 4.78 is 0. The van der Waals surface area contributed by atoms with Gasteiger partial charge in [0.15, 0.2) is 0 Å². The first kappa shape index (κ1) is 15.2. The maximum Gasteiger partial charge on any atom is 0.335 e. The van der Waals surface area contributed by atoms with Gasteiger partial charge in [-0.05, 0) is 36.6 Å². The van der Waals surface area contributed by atoms with Gasteiger partial charge in [0.25, 0.3) is 5.91 Å². The summed E-state index contributed by atoms with van der Waals surface area (Å²) in [4.78, 5) is 22.7. The largest absolute Gasteiger partial charge is 0.478 e. The minimum Gasteiger partial charge on any atom is -0.478 e. The molecule has 19 heavy (non-hydrogen) atoms. The van der Waals surface area contributed by atoms with E-state index in [2.05, 4.69) is 19.2 Å². The highest BCUT2D eigenvalue weighted by Gasteiger charge is 2.14. The molecule has 0 aliphatic heterocycles. The second kappa shape index (κ2) is 6.89. The molecule has 0 fully saturated rings. The van der Waals surface area contributed by atoms with Crippen LogP contribution < -0.4 is 11.1 Å². The molecule has 0 aliphatic rings. The summed E-state index contributed by atoms with van der Waals surface area (Å²) in [6.45, 7) is 4.52. The lowest BCUT2D eigenvalue weighted by Crippen LogP contribution is -2.41. The van der Waals surface area contributed by atoms with E-state index in [1.807, 2.05) is 0 Å². The van der Waals surface area contributed by atoms with Gasteiger partial charge in [-0.15, -0.1) is 0 Å². The highest BCUT2D eigenvalue weighted by Crippen LogP contribution is 2.07. The second-order valence-electron chi connectivity index (χ2n) is 4.92. The number of nitrogens with two attached hydrogens (primary N) is 1. The van der Waals surface area contributed by atoms with Gasteiger partial charge in [0, 0.05) is 18.2 Å². The van der Waals surface area contributed by atoms with Crippen molar-refractivity contribution in [1.29, 1.82) is 0 Å². The van der Waals surface area contributed by atoms with Gasteiger partial charge in [-0.1, -0.05) is 13.8 Å². The predicted molar refractivity (Wildman–Crippen MR) is 73.2 cm³/mol. The van der Waals surface area contributed by atoms with E-state index in [4.69, 9.17) is 10.8 Å². The molecule has 0 spiro atoms. The number of hydrogen-bond donors (Lipinski definition) is 3. The number of carbonyl (C=O) groups excluding carboxylic acids is 1. The third-order valence-electron chi connectivity index (χ3n) is 2.77. The Morgan fingerprint density at radius 3 is 2.16 bits per heavy atom. The molecule has 0 radical (unpaired) electrons. The molecule has 0 aromatic heterocycles. The molecule has 4 N–H and O–H groups in total. The molecule has 104 valence electrons. The Morgan fingerprint density at radius 2 is 1.74 bits per heavy atom. The van der Waals surface area contributed by atoms with Gasteiger partial charge in [0.1, 0.15) is 0 Å². The Morgan fingerprint density at radius 1 is 1.21 bits per heavy atom. The van der Waals surface area contributed by atoms with Gasteiger partial charge in [0.05, 0.1) is 5.56 Å². The summed E-state index contributed by atoms with van der Waals surface area (Å²) in [5, 5.41) is 11.6. The van der Waals surface area contributed by atoms with Crippen LogP contribution in [0.2, 0.25) is 0 Å². The van der Waals surface area contributed by atoms with Gasteiger partial charge in [-0.3, -0.25) is 4.79 Å². The number of carboxylic acids is 1. The predicted octanol–water partition coefficient (Wildman–Crippen LogP) is 1.49. The molecular formula is C14H20N2O3. The van der Waals surface area contributed by atoms with Crippen molar-refractivity contribution in [3.05, 3.63) is 35.4 Å². The van der Waals surface area contributed by atoms with Crippen molar-refractivity contribution in [2.45, 2.75) is 26.3 Å². The van der Waals surface area contributed by atoms with E-state index in [-0.39, 0.29) is 17.5 Å². The van der Waals surface area contributed by atoms with E-state index in [1.165, 1.54) is 24.3 Å². The number of benzene rings is 1. The van der Waals surface area contributed by atoms with Crippen molar-refractivity contribution in [2.24, 2.45) is 11.7 Å². The van der Waals surface area contributed by atoms with Gasteiger partial charge in [0.2, 0.25) is 0 Å². The Kier molecular flexibility index (Phi) is 5.51. The van der Waals surface area contributed by atoms with Crippen molar-refractivity contribution in [2.75, 3.05) is 6.54 Å². The van der Waals surface area contributed by atoms with Crippen LogP contribution in [0.5, 0.6) is 0 Å². The van der Waals surface area contributed by atoms with Crippen LogP contribution in [0.3, 0.4) is 0 Å². The first-order valence-electron chi connectivity index (χ1n) is 6.28. The van der Waals surface area contributed by atoms with Crippen LogP contribution in [0.15, 0.2) is 24.3 Å². The molecule has 0 heterocycles. The normalized spacial score (nSPS) is 12.2. The lowest BCUT2D eigenvalue weighted by molar-refractivity contribution is 0.0696. The van der Waals surface area contributed by atoms with E-state index in [1.54, 1.807) is 0 Å². The fourth-order valence-corrected chi connectivity index (χ4v) is 1.82. The van der Waals surface area contributed by atoms with Crippen LogP contribution in [0, 0.1) is 5.92 Å². The zero-order valence-corrected chi connectivity index (χ0v) is 11.2. The summed E-state index contributed by atoms with van der Waals surface area (Å²) in [7, 11) is 0. The monoisotopic (exact) mass is 264 g/mol. The molecule has 0 bridgehead atoms. The quantitative estimate of drug-likeness (QED) is 0.725. The fourth-order valence-electron chi connectivity index (χ4n) is 1.82. The van der Waals surface area contributed by atoms with Crippen LogP contribution in [-0.2, 0) is 0 Å². The van der Waals surface area contributed by atoms with Crippen molar-refractivity contribution in [3.8, 4) is 0 Å². The Balaban J connectivity index is 2.69. The SMILES string of the molecule is CC(C)CC(CN)NC(=O)c1ccc(C(=O)O)cc1. The summed E-state index contributed by atoms with van der Waals surface area (Å²) in [6.07, 6.45) is 0.815. The van der Waals surface area contributed by atoms with Crippen LogP contribution in [0.1, 0.15) is 41.0 Å². The summed E-state index contributed by atoms with van der Waals surface area (Å²) in [6, 6.07) is 5.77. The molecule has 1 aromatic carbocycles. The smallest absolute Gasteiger partial charge is 0.335 e. The van der Waals surface area contributed by atoms with Crippen LogP contribution >= 0.6 is 0 Å². The van der Waals surface area contributed by atoms with Crippen molar-refractivity contribution in [3.63, 3.8) is 0 Å². The summed E-state index contributed by atoms with van der Waals surface area (Å²) in [5.74, 6) is -0.789. The highest BCUT2D eigenvalue weighted by atomic mass is 16.4. The third kappa shape index (κ3) is 4.71. The molecular weight excluding hydrogens is 244 g/mol. The number of rotatable bonds is 6. The molecule has 5 nitrogen and oxygen atoms in total. The number of hydrogen-bond acceptors (Lipinski definition) is 3. The summed E-state index contributed by atoms with van der Waals surface area (Å²) in [5.41, 5.74) is 6.22. The minimum absolute atomic E-state index is 0.0633. The van der Waals surface area contributed by atoms with Gasteiger partial charge < -0.3 is 16.2 Å². The maximum atomic E-state index is 12.0. The van der Waals surface area contributed by atoms with Gasteiger partial charge in [-0.2, -0.15) is 0 Å². The lowest BCUT2D eigenvalue weighted by atomic mass is 10.0. The minimum atomic E-state index is -1.01. The number of carboxylic acid groups (broad SMARTS) is 1. The van der Waals surface area contributed by atoms with Crippen molar-refractivity contribution >= 4 is 11.9 Å². The molecule has 0 saturated heterocycles. The maximum absolute atomic E-state index is 12.0. The molecule has 0 aliphatic carbocycles. The average molecular weight is 264 g/mol. The second-order valence-corrected chi connectivity index (χ2v) is 4.92. The van der Waals surface area contributed by atoms with Gasteiger partial charge in [-0.25, -0.2) is 4.79 Å². The number of amides is 1. The van der Waals surface area contributed by atoms with E-state index < -0.39 is 5.97 Å². The zero-order chi connectivity index (χ0) is 14.4. The van der Waals surface area contributed by atoms with E-state index >= 15 is 0 Å². The number of aromatic carboxylic acids is 1. The van der Waals surface area contributed by atoms with E-state index in [0.717, 1.165) is 6.42 Å². The molecule has 1 atom stereocenters. The Hall–Kier alpha value is -1.88. The number of carbonyl (C=O) groups is 2. The fraction of sp³-hybridized carbons (Fsp3) is 0.429. The standard InChI is InChI=1S/C14H20N2O3/c1-9(2)7-12(8-15)16-13(17)10-3-5-11(6-4-10)14(18)19/h3-6,9,12H,7-8,15H2,1-2H3,(H,16,17)(H,18,19). The first-order chi connectivity index (χ1) is 8.93. The van der Waals surface area contributed by atoms with E-state index in [9.17, 15) is 9.59 Å². The van der Waals surface area contributed by atoms with Crippen molar-refractivity contribution < 1.29 is 14.7 Å². The first-order valence-corrected chi connectivity index (χ1v) is 6.28. The average Bonchev–Trinajstić information content (AvgIpc) is 2.37.